The zero-order valence-electron chi connectivity index (χ0n) is 13.8. The van der Waals surface area contributed by atoms with E-state index in [2.05, 4.69) is 14.9 Å². The first-order valence-corrected chi connectivity index (χ1v) is 7.96. The van der Waals surface area contributed by atoms with Crippen molar-refractivity contribution in [2.75, 3.05) is 25.1 Å². The molecule has 1 aliphatic heterocycles. The molecule has 5 nitrogen and oxygen atoms in total. The summed E-state index contributed by atoms with van der Waals surface area (Å²) < 4.78 is 18.5. The lowest BCUT2D eigenvalue weighted by Crippen LogP contribution is -2.24. The van der Waals surface area contributed by atoms with Gasteiger partial charge in [-0.15, -0.1) is 0 Å². The quantitative estimate of drug-likeness (QED) is 0.807. The van der Waals surface area contributed by atoms with Gasteiger partial charge in [0.2, 0.25) is 0 Å². The molecular formula is C18H20FN3O2. The smallest absolute Gasteiger partial charge is 0.343 e. The van der Waals surface area contributed by atoms with Crippen molar-refractivity contribution in [3.05, 3.63) is 53.2 Å². The van der Waals surface area contributed by atoms with Gasteiger partial charge in [0.25, 0.3) is 0 Å². The van der Waals surface area contributed by atoms with Crippen LogP contribution in [0.5, 0.6) is 0 Å². The number of anilines is 1. The Morgan fingerprint density at radius 1 is 1.46 bits per heavy atom. The van der Waals surface area contributed by atoms with E-state index in [1.54, 1.807) is 13.0 Å². The summed E-state index contributed by atoms with van der Waals surface area (Å²) in [6, 6.07) is 5.41. The van der Waals surface area contributed by atoms with Gasteiger partial charge in [0.1, 0.15) is 23.5 Å². The second-order valence-electron chi connectivity index (χ2n) is 6.14. The molecular weight excluding hydrogens is 309 g/mol. The molecule has 0 radical (unpaired) electrons. The number of methoxy groups -OCH3 is 1. The molecule has 1 aliphatic rings. The molecule has 0 saturated carbocycles. The number of ether oxygens (including phenoxy) is 1. The minimum Gasteiger partial charge on any atom is -0.465 e. The molecule has 1 unspecified atom stereocenters. The number of carbonyl (C=O) groups excluding carboxylic acids is 1. The number of esters is 1. The number of carbonyl (C=O) groups is 1. The van der Waals surface area contributed by atoms with Crippen LogP contribution in [0.2, 0.25) is 0 Å². The van der Waals surface area contributed by atoms with Gasteiger partial charge in [-0.3, -0.25) is 0 Å². The molecule has 2 heterocycles. The third kappa shape index (κ3) is 3.37. The van der Waals surface area contributed by atoms with Gasteiger partial charge in [-0.2, -0.15) is 0 Å². The predicted octanol–water partition coefficient (Wildman–Crippen LogP) is 2.78. The van der Waals surface area contributed by atoms with Gasteiger partial charge in [-0.25, -0.2) is 19.2 Å². The van der Waals surface area contributed by atoms with Crippen molar-refractivity contribution in [1.82, 2.24) is 9.97 Å². The van der Waals surface area contributed by atoms with E-state index in [0.29, 0.717) is 22.9 Å². The highest BCUT2D eigenvalue weighted by molar-refractivity contribution is 5.94. The van der Waals surface area contributed by atoms with Crippen LogP contribution in [-0.4, -0.2) is 36.1 Å². The molecule has 6 heteroatoms. The Labute approximate surface area is 140 Å². The van der Waals surface area contributed by atoms with Crippen LogP contribution in [-0.2, 0) is 11.2 Å². The van der Waals surface area contributed by atoms with Gasteiger partial charge in [0, 0.05) is 19.3 Å². The zero-order valence-corrected chi connectivity index (χ0v) is 13.8. The van der Waals surface area contributed by atoms with Crippen molar-refractivity contribution >= 4 is 11.8 Å². The van der Waals surface area contributed by atoms with Crippen molar-refractivity contribution in [2.45, 2.75) is 19.8 Å². The van der Waals surface area contributed by atoms with Gasteiger partial charge in [0.15, 0.2) is 0 Å². The average Bonchev–Trinajstić information content (AvgIpc) is 3.06. The third-order valence-corrected chi connectivity index (χ3v) is 4.44. The summed E-state index contributed by atoms with van der Waals surface area (Å²) >= 11 is 0. The van der Waals surface area contributed by atoms with E-state index in [9.17, 15) is 9.18 Å². The van der Waals surface area contributed by atoms with E-state index in [-0.39, 0.29) is 5.82 Å². The second-order valence-corrected chi connectivity index (χ2v) is 6.14. The SMILES string of the molecule is COC(=O)c1cncnc1N1CCC(Cc2ccc(C)c(F)c2)C1. The zero-order chi connectivity index (χ0) is 17.1. The molecule has 0 bridgehead atoms. The van der Waals surface area contributed by atoms with Crippen molar-refractivity contribution in [3.8, 4) is 0 Å². The number of hydrogen-bond donors (Lipinski definition) is 0. The molecule has 0 amide bonds. The van der Waals surface area contributed by atoms with E-state index in [4.69, 9.17) is 4.74 Å². The number of aromatic nitrogens is 2. The maximum Gasteiger partial charge on any atom is 0.343 e. The first-order valence-electron chi connectivity index (χ1n) is 7.96. The van der Waals surface area contributed by atoms with Crippen molar-refractivity contribution < 1.29 is 13.9 Å². The molecule has 1 atom stereocenters. The second kappa shape index (κ2) is 6.95. The van der Waals surface area contributed by atoms with Crippen LogP contribution >= 0.6 is 0 Å². The van der Waals surface area contributed by atoms with Gasteiger partial charge < -0.3 is 9.64 Å². The molecule has 3 rings (SSSR count). The van der Waals surface area contributed by atoms with Gasteiger partial charge >= 0.3 is 5.97 Å². The van der Waals surface area contributed by atoms with Crippen LogP contribution in [0.3, 0.4) is 0 Å². The molecule has 1 saturated heterocycles. The van der Waals surface area contributed by atoms with E-state index >= 15 is 0 Å². The fourth-order valence-corrected chi connectivity index (χ4v) is 3.12. The Morgan fingerprint density at radius 3 is 3.04 bits per heavy atom. The van der Waals surface area contributed by atoms with Crippen LogP contribution in [0, 0.1) is 18.7 Å². The highest BCUT2D eigenvalue weighted by Gasteiger charge is 2.27. The van der Waals surface area contributed by atoms with Crippen LogP contribution in [0.25, 0.3) is 0 Å². The maximum atomic E-state index is 13.7. The minimum atomic E-state index is -0.436. The maximum absolute atomic E-state index is 13.7. The molecule has 24 heavy (non-hydrogen) atoms. The van der Waals surface area contributed by atoms with Crippen molar-refractivity contribution in [3.63, 3.8) is 0 Å². The number of hydrogen-bond acceptors (Lipinski definition) is 5. The van der Waals surface area contributed by atoms with Crippen LogP contribution < -0.4 is 4.90 Å². The standard InChI is InChI=1S/C18H20FN3O2/c1-12-3-4-13(8-16(12)19)7-14-5-6-22(10-14)17-15(18(23)24-2)9-20-11-21-17/h3-4,8-9,11,14H,5-7,10H2,1-2H3. The normalized spacial score (nSPS) is 17.1. The third-order valence-electron chi connectivity index (χ3n) is 4.44. The number of benzene rings is 1. The van der Waals surface area contributed by atoms with Crippen molar-refractivity contribution in [2.24, 2.45) is 5.92 Å². The van der Waals surface area contributed by atoms with E-state index in [1.165, 1.54) is 19.6 Å². The largest absolute Gasteiger partial charge is 0.465 e. The molecule has 0 spiro atoms. The molecule has 1 fully saturated rings. The molecule has 126 valence electrons. The summed E-state index contributed by atoms with van der Waals surface area (Å²) in [5.74, 6) is 0.405. The monoisotopic (exact) mass is 329 g/mol. The molecule has 0 N–H and O–H groups in total. The number of rotatable bonds is 4. The Hall–Kier alpha value is -2.50. The van der Waals surface area contributed by atoms with Crippen LogP contribution in [0.4, 0.5) is 10.2 Å². The average molecular weight is 329 g/mol. The summed E-state index contributed by atoms with van der Waals surface area (Å²) in [6.45, 7) is 3.34. The number of aryl methyl sites for hydroxylation is 1. The topological polar surface area (TPSA) is 55.3 Å². The van der Waals surface area contributed by atoms with E-state index in [1.807, 2.05) is 12.1 Å². The summed E-state index contributed by atoms with van der Waals surface area (Å²) in [4.78, 5) is 22.1. The Bertz CT molecular complexity index is 751. The van der Waals surface area contributed by atoms with Crippen LogP contribution in [0.15, 0.2) is 30.7 Å². The molecule has 0 aliphatic carbocycles. The number of halogens is 1. The van der Waals surface area contributed by atoms with Crippen molar-refractivity contribution in [1.29, 1.82) is 0 Å². The fraction of sp³-hybridized carbons (Fsp3) is 0.389. The van der Waals surface area contributed by atoms with Gasteiger partial charge in [-0.1, -0.05) is 12.1 Å². The van der Waals surface area contributed by atoms with Crippen LogP contribution in [0.1, 0.15) is 27.9 Å². The first-order chi connectivity index (χ1) is 11.6. The first kappa shape index (κ1) is 16.4. The summed E-state index contributed by atoms with van der Waals surface area (Å²) in [7, 11) is 1.35. The summed E-state index contributed by atoms with van der Waals surface area (Å²) in [5.41, 5.74) is 2.04. The lowest BCUT2D eigenvalue weighted by Gasteiger charge is -2.19. The number of nitrogens with zero attached hydrogens (tertiary/aromatic N) is 3. The van der Waals surface area contributed by atoms with E-state index < -0.39 is 5.97 Å². The highest BCUT2D eigenvalue weighted by Crippen LogP contribution is 2.27. The summed E-state index contributed by atoms with van der Waals surface area (Å²) in [6.07, 6.45) is 4.70. The highest BCUT2D eigenvalue weighted by atomic mass is 19.1. The minimum absolute atomic E-state index is 0.161. The fourth-order valence-electron chi connectivity index (χ4n) is 3.12. The van der Waals surface area contributed by atoms with Gasteiger partial charge in [0.05, 0.1) is 7.11 Å². The Balaban J connectivity index is 1.72. The summed E-state index contributed by atoms with van der Waals surface area (Å²) in [5, 5.41) is 0. The Kier molecular flexibility index (Phi) is 4.74. The lowest BCUT2D eigenvalue weighted by atomic mass is 9.98. The molecule has 1 aromatic carbocycles. The lowest BCUT2D eigenvalue weighted by molar-refractivity contribution is 0.0600. The Morgan fingerprint density at radius 2 is 2.29 bits per heavy atom. The molecule has 1 aromatic heterocycles. The molecule has 2 aromatic rings. The van der Waals surface area contributed by atoms with E-state index in [0.717, 1.165) is 31.5 Å². The van der Waals surface area contributed by atoms with Gasteiger partial charge in [-0.05, 0) is 42.9 Å². The predicted molar refractivity (Wildman–Crippen MR) is 88.5 cm³/mol.